The highest BCUT2D eigenvalue weighted by atomic mass is 32.2. The smallest absolute Gasteiger partial charge is 0.255 e. The molecule has 0 bridgehead atoms. The molecule has 3 rings (SSSR count). The van der Waals surface area contributed by atoms with Crippen molar-refractivity contribution in [3.8, 4) is 0 Å². The van der Waals surface area contributed by atoms with Gasteiger partial charge < -0.3 is 16.4 Å². The third-order valence-electron chi connectivity index (χ3n) is 4.52. The number of nitrogens with two attached hydrogens (primary N) is 1. The van der Waals surface area contributed by atoms with Crippen LogP contribution in [0.15, 0.2) is 77.7 Å². The fraction of sp³-hybridized carbons (Fsp3) is 0.125. The molecule has 6 nitrogen and oxygen atoms in total. The highest BCUT2D eigenvalue weighted by molar-refractivity contribution is 8.00. The third kappa shape index (κ3) is 6.20. The van der Waals surface area contributed by atoms with E-state index < -0.39 is 5.91 Å². The van der Waals surface area contributed by atoms with E-state index in [2.05, 4.69) is 10.6 Å². The summed E-state index contributed by atoms with van der Waals surface area (Å²) >= 11 is 1.38. The largest absolute Gasteiger partial charge is 0.366 e. The zero-order valence-electron chi connectivity index (χ0n) is 17.2. The number of carbonyl (C=O) groups excluding carboxylic acids is 3. The predicted molar refractivity (Wildman–Crippen MR) is 124 cm³/mol. The van der Waals surface area contributed by atoms with E-state index in [0.717, 1.165) is 10.5 Å². The minimum atomic E-state index is -0.517. The molecule has 0 aliphatic carbocycles. The number of carbonyl (C=O) groups is 3. The van der Waals surface area contributed by atoms with E-state index in [1.54, 1.807) is 49.4 Å². The zero-order valence-corrected chi connectivity index (χ0v) is 18.0. The Morgan fingerprint density at radius 2 is 1.48 bits per heavy atom. The van der Waals surface area contributed by atoms with Crippen molar-refractivity contribution in [2.75, 3.05) is 10.6 Å². The standard InChI is InChI=1S/C24H23N3O3S/c1-15-6-8-18(9-7-15)24(30)27-20-4-3-5-21(14-20)31-16(2)23(29)26-19-12-10-17(11-13-19)22(25)28/h3-14,16H,1-2H3,(H2,25,28)(H,26,29)(H,27,30). The SMILES string of the molecule is Cc1ccc(C(=O)Nc2cccc(SC(C)C(=O)Nc3ccc(C(N)=O)cc3)c2)cc1. The number of primary amides is 1. The summed E-state index contributed by atoms with van der Waals surface area (Å²) in [4.78, 5) is 36.9. The van der Waals surface area contributed by atoms with Gasteiger partial charge in [-0.15, -0.1) is 11.8 Å². The molecule has 0 fully saturated rings. The Morgan fingerprint density at radius 1 is 0.839 bits per heavy atom. The van der Waals surface area contributed by atoms with E-state index in [-0.39, 0.29) is 17.1 Å². The van der Waals surface area contributed by atoms with Crippen molar-refractivity contribution in [1.29, 1.82) is 0 Å². The van der Waals surface area contributed by atoms with Crippen LogP contribution in [-0.2, 0) is 4.79 Å². The molecule has 0 saturated carbocycles. The van der Waals surface area contributed by atoms with E-state index in [0.29, 0.717) is 22.5 Å². The van der Waals surface area contributed by atoms with Crippen molar-refractivity contribution >= 4 is 40.9 Å². The topological polar surface area (TPSA) is 101 Å². The molecule has 31 heavy (non-hydrogen) atoms. The zero-order chi connectivity index (χ0) is 22.4. The van der Waals surface area contributed by atoms with Gasteiger partial charge >= 0.3 is 0 Å². The molecule has 1 unspecified atom stereocenters. The summed E-state index contributed by atoms with van der Waals surface area (Å²) in [5.74, 6) is -0.880. The van der Waals surface area contributed by atoms with Gasteiger partial charge in [0.25, 0.3) is 5.91 Å². The lowest BCUT2D eigenvalue weighted by atomic mass is 10.1. The maximum absolute atomic E-state index is 12.5. The van der Waals surface area contributed by atoms with Crippen molar-refractivity contribution in [2.45, 2.75) is 24.0 Å². The summed E-state index contributed by atoms with van der Waals surface area (Å²) in [6.07, 6.45) is 0. The second-order valence-corrected chi connectivity index (χ2v) is 8.45. The lowest BCUT2D eigenvalue weighted by molar-refractivity contribution is -0.115. The number of anilines is 2. The number of aryl methyl sites for hydroxylation is 1. The average Bonchev–Trinajstić information content (AvgIpc) is 2.74. The van der Waals surface area contributed by atoms with Gasteiger partial charge in [0.2, 0.25) is 11.8 Å². The third-order valence-corrected chi connectivity index (χ3v) is 5.62. The van der Waals surface area contributed by atoms with Gasteiger partial charge in [-0.05, 0) is 68.4 Å². The molecule has 158 valence electrons. The first-order valence-corrected chi connectivity index (χ1v) is 10.6. The van der Waals surface area contributed by atoms with E-state index in [1.165, 1.54) is 11.8 Å². The molecular formula is C24H23N3O3S. The van der Waals surface area contributed by atoms with Gasteiger partial charge in [0, 0.05) is 27.4 Å². The van der Waals surface area contributed by atoms with Crippen LogP contribution in [-0.4, -0.2) is 23.0 Å². The van der Waals surface area contributed by atoms with Crippen molar-refractivity contribution < 1.29 is 14.4 Å². The molecule has 3 aromatic carbocycles. The van der Waals surface area contributed by atoms with Crippen LogP contribution in [0.25, 0.3) is 0 Å². The number of benzene rings is 3. The number of amides is 3. The van der Waals surface area contributed by atoms with Gasteiger partial charge in [0.05, 0.1) is 5.25 Å². The van der Waals surface area contributed by atoms with E-state index in [4.69, 9.17) is 5.73 Å². The second-order valence-electron chi connectivity index (χ2n) is 7.04. The Morgan fingerprint density at radius 3 is 2.13 bits per heavy atom. The van der Waals surface area contributed by atoms with Crippen LogP contribution in [0.2, 0.25) is 0 Å². The Labute approximate surface area is 185 Å². The number of thioether (sulfide) groups is 1. The maximum Gasteiger partial charge on any atom is 0.255 e. The highest BCUT2D eigenvalue weighted by Gasteiger charge is 2.15. The van der Waals surface area contributed by atoms with Gasteiger partial charge in [0.15, 0.2) is 0 Å². The van der Waals surface area contributed by atoms with Crippen molar-refractivity contribution in [3.05, 3.63) is 89.5 Å². The molecule has 3 aromatic rings. The summed E-state index contributed by atoms with van der Waals surface area (Å²) in [6, 6.07) is 21.1. The first-order chi connectivity index (χ1) is 14.8. The molecule has 0 aromatic heterocycles. The molecule has 0 spiro atoms. The van der Waals surface area contributed by atoms with Crippen LogP contribution >= 0.6 is 11.8 Å². The Hall–Kier alpha value is -3.58. The molecule has 0 radical (unpaired) electrons. The first-order valence-electron chi connectivity index (χ1n) is 9.67. The predicted octanol–water partition coefficient (Wildman–Crippen LogP) is 4.47. The first kappa shape index (κ1) is 22.1. The molecule has 0 heterocycles. The molecule has 0 aliphatic heterocycles. The molecule has 3 amide bonds. The summed E-state index contributed by atoms with van der Waals surface area (Å²) in [5.41, 5.74) is 8.52. The van der Waals surface area contributed by atoms with Crippen LogP contribution in [0, 0.1) is 6.92 Å². The average molecular weight is 434 g/mol. The minimum Gasteiger partial charge on any atom is -0.366 e. The van der Waals surface area contributed by atoms with Gasteiger partial charge in [0.1, 0.15) is 0 Å². The van der Waals surface area contributed by atoms with Gasteiger partial charge in [-0.1, -0.05) is 23.8 Å². The number of nitrogens with one attached hydrogen (secondary N) is 2. The monoisotopic (exact) mass is 433 g/mol. The number of hydrogen-bond donors (Lipinski definition) is 3. The van der Waals surface area contributed by atoms with E-state index >= 15 is 0 Å². The van der Waals surface area contributed by atoms with Gasteiger partial charge in [-0.3, -0.25) is 14.4 Å². The summed E-state index contributed by atoms with van der Waals surface area (Å²) in [6.45, 7) is 3.77. The van der Waals surface area contributed by atoms with Crippen LogP contribution in [0.1, 0.15) is 33.2 Å². The summed E-state index contributed by atoms with van der Waals surface area (Å²) < 4.78 is 0. The Balaban J connectivity index is 1.60. The summed E-state index contributed by atoms with van der Waals surface area (Å²) in [5, 5.41) is 5.33. The lowest BCUT2D eigenvalue weighted by Crippen LogP contribution is -2.22. The van der Waals surface area contributed by atoms with Crippen LogP contribution in [0.4, 0.5) is 11.4 Å². The molecule has 0 saturated heterocycles. The van der Waals surface area contributed by atoms with E-state index in [9.17, 15) is 14.4 Å². The molecular weight excluding hydrogens is 410 g/mol. The van der Waals surface area contributed by atoms with Gasteiger partial charge in [-0.25, -0.2) is 0 Å². The van der Waals surface area contributed by atoms with E-state index in [1.807, 2.05) is 37.3 Å². The Kier molecular flexibility index (Phi) is 7.10. The normalized spacial score (nSPS) is 11.4. The Bertz CT molecular complexity index is 1100. The van der Waals surface area contributed by atoms with Crippen LogP contribution < -0.4 is 16.4 Å². The highest BCUT2D eigenvalue weighted by Crippen LogP contribution is 2.27. The lowest BCUT2D eigenvalue weighted by Gasteiger charge is -2.13. The van der Waals surface area contributed by atoms with Crippen molar-refractivity contribution in [2.24, 2.45) is 5.73 Å². The minimum absolute atomic E-state index is 0.175. The molecule has 1 atom stereocenters. The van der Waals surface area contributed by atoms with Crippen molar-refractivity contribution in [3.63, 3.8) is 0 Å². The number of rotatable bonds is 7. The van der Waals surface area contributed by atoms with Crippen LogP contribution in [0.3, 0.4) is 0 Å². The van der Waals surface area contributed by atoms with Gasteiger partial charge in [-0.2, -0.15) is 0 Å². The molecule has 0 aliphatic rings. The number of hydrogen-bond acceptors (Lipinski definition) is 4. The molecule has 4 N–H and O–H groups in total. The van der Waals surface area contributed by atoms with Crippen molar-refractivity contribution in [1.82, 2.24) is 0 Å². The fourth-order valence-corrected chi connectivity index (χ4v) is 3.70. The maximum atomic E-state index is 12.5. The molecule has 7 heteroatoms. The van der Waals surface area contributed by atoms with Crippen LogP contribution in [0.5, 0.6) is 0 Å². The summed E-state index contributed by atoms with van der Waals surface area (Å²) in [7, 11) is 0. The quantitative estimate of drug-likeness (QED) is 0.479. The second kappa shape index (κ2) is 9.95. The fourth-order valence-electron chi connectivity index (χ4n) is 2.77.